The van der Waals surface area contributed by atoms with Gasteiger partial charge in [-0.1, -0.05) is 6.92 Å². The lowest BCUT2D eigenvalue weighted by atomic mass is 10.2. The highest BCUT2D eigenvalue weighted by Crippen LogP contribution is 2.17. The number of nitrogens with one attached hydrogen (secondary N) is 1. The molecule has 0 aliphatic carbocycles. The van der Waals surface area contributed by atoms with Gasteiger partial charge in [0.05, 0.1) is 0 Å². The Labute approximate surface area is 107 Å². The van der Waals surface area contributed by atoms with E-state index in [1.54, 1.807) is 11.3 Å². The number of likely N-dealkylation sites (N-methyl/N-ethyl adjacent to an activating group) is 1. The first kappa shape index (κ1) is 12.6. The van der Waals surface area contributed by atoms with E-state index in [9.17, 15) is 0 Å². The molecule has 0 saturated carbocycles. The minimum absolute atomic E-state index is 0.704. The molecular formula is C13H19N3S. The molecule has 1 aromatic heterocycles. The number of hydrogen-bond acceptors (Lipinski definition) is 4. The summed E-state index contributed by atoms with van der Waals surface area (Å²) < 4.78 is 0. The van der Waals surface area contributed by atoms with Gasteiger partial charge < -0.3 is 5.32 Å². The highest BCUT2D eigenvalue weighted by atomic mass is 32.1. The summed E-state index contributed by atoms with van der Waals surface area (Å²) in [6.45, 7) is 6.59. The van der Waals surface area contributed by atoms with Gasteiger partial charge in [0.1, 0.15) is 10.9 Å². The third-order valence-electron chi connectivity index (χ3n) is 3.36. The van der Waals surface area contributed by atoms with Crippen molar-refractivity contribution in [2.75, 3.05) is 19.6 Å². The van der Waals surface area contributed by atoms with Crippen LogP contribution in [0.15, 0.2) is 12.1 Å². The van der Waals surface area contributed by atoms with Crippen molar-refractivity contribution in [2.24, 2.45) is 0 Å². The molecule has 0 bridgehead atoms. The molecule has 92 valence electrons. The monoisotopic (exact) mass is 249 g/mol. The number of likely N-dealkylation sites (tertiary alicyclic amines) is 1. The first-order valence-corrected chi connectivity index (χ1v) is 7.08. The van der Waals surface area contributed by atoms with Gasteiger partial charge in [-0.2, -0.15) is 5.26 Å². The zero-order valence-electron chi connectivity index (χ0n) is 10.3. The van der Waals surface area contributed by atoms with Gasteiger partial charge in [-0.05, 0) is 38.1 Å². The second kappa shape index (κ2) is 6.15. The molecule has 1 unspecified atom stereocenters. The summed E-state index contributed by atoms with van der Waals surface area (Å²) in [5, 5.41) is 12.3. The molecule has 0 radical (unpaired) electrons. The van der Waals surface area contributed by atoms with Gasteiger partial charge in [-0.25, -0.2) is 0 Å². The van der Waals surface area contributed by atoms with Crippen LogP contribution in [0.25, 0.3) is 0 Å². The molecule has 2 rings (SSSR count). The highest BCUT2D eigenvalue weighted by Gasteiger charge is 2.21. The van der Waals surface area contributed by atoms with Crippen molar-refractivity contribution < 1.29 is 0 Å². The van der Waals surface area contributed by atoms with Gasteiger partial charge in [0.15, 0.2) is 0 Å². The number of nitrogens with zero attached hydrogens (tertiary/aromatic N) is 2. The van der Waals surface area contributed by atoms with E-state index in [-0.39, 0.29) is 0 Å². The van der Waals surface area contributed by atoms with Gasteiger partial charge in [0, 0.05) is 24.0 Å². The summed E-state index contributed by atoms with van der Waals surface area (Å²) in [5.74, 6) is 0. The molecule has 17 heavy (non-hydrogen) atoms. The molecule has 1 saturated heterocycles. The van der Waals surface area contributed by atoms with Crippen LogP contribution in [0.4, 0.5) is 0 Å². The number of hydrogen-bond donors (Lipinski definition) is 1. The van der Waals surface area contributed by atoms with Crippen LogP contribution < -0.4 is 5.32 Å². The molecule has 2 heterocycles. The smallest absolute Gasteiger partial charge is 0.110 e. The molecule has 1 atom stereocenters. The lowest BCUT2D eigenvalue weighted by Gasteiger charge is -2.22. The summed E-state index contributed by atoms with van der Waals surface area (Å²) >= 11 is 1.58. The Balaban J connectivity index is 1.74. The Morgan fingerprint density at radius 2 is 2.47 bits per heavy atom. The average molecular weight is 249 g/mol. The van der Waals surface area contributed by atoms with E-state index < -0.39 is 0 Å². The van der Waals surface area contributed by atoms with Crippen LogP contribution in [0.1, 0.15) is 29.5 Å². The molecule has 1 aliphatic rings. The summed E-state index contributed by atoms with van der Waals surface area (Å²) in [6.07, 6.45) is 2.65. The predicted octanol–water partition coefficient (Wildman–Crippen LogP) is 2.19. The quantitative estimate of drug-likeness (QED) is 0.869. The normalized spacial score (nSPS) is 20.6. The van der Waals surface area contributed by atoms with Crippen LogP contribution >= 0.6 is 11.3 Å². The minimum Gasteiger partial charge on any atom is -0.310 e. The topological polar surface area (TPSA) is 39.1 Å². The van der Waals surface area contributed by atoms with Crippen molar-refractivity contribution in [3.8, 4) is 6.07 Å². The van der Waals surface area contributed by atoms with Crippen molar-refractivity contribution >= 4 is 11.3 Å². The van der Waals surface area contributed by atoms with E-state index in [0.29, 0.717) is 6.04 Å². The Morgan fingerprint density at radius 3 is 3.18 bits per heavy atom. The number of rotatable bonds is 5. The van der Waals surface area contributed by atoms with Crippen molar-refractivity contribution in [3.63, 3.8) is 0 Å². The largest absolute Gasteiger partial charge is 0.310 e. The SMILES string of the molecule is CCN1CCCC1CNCc1ccc(C#N)s1. The Hall–Kier alpha value is -0.890. The molecule has 1 aromatic rings. The molecule has 4 heteroatoms. The fourth-order valence-corrected chi connectivity index (χ4v) is 3.21. The molecule has 0 spiro atoms. The van der Waals surface area contributed by atoms with Crippen LogP contribution in [0.3, 0.4) is 0 Å². The van der Waals surface area contributed by atoms with Crippen molar-refractivity contribution in [2.45, 2.75) is 32.4 Å². The Bertz CT molecular complexity index is 394. The molecule has 3 nitrogen and oxygen atoms in total. The van der Waals surface area contributed by atoms with Gasteiger partial charge >= 0.3 is 0 Å². The van der Waals surface area contributed by atoms with Crippen LogP contribution in [0, 0.1) is 11.3 Å². The molecule has 1 aliphatic heterocycles. The number of nitriles is 1. The van der Waals surface area contributed by atoms with E-state index in [1.165, 1.54) is 24.3 Å². The average Bonchev–Trinajstić information content (AvgIpc) is 2.97. The molecule has 0 amide bonds. The fraction of sp³-hybridized carbons (Fsp3) is 0.615. The predicted molar refractivity (Wildman–Crippen MR) is 71.0 cm³/mol. The van der Waals surface area contributed by atoms with E-state index >= 15 is 0 Å². The first-order valence-electron chi connectivity index (χ1n) is 6.27. The third-order valence-corrected chi connectivity index (χ3v) is 4.35. The van der Waals surface area contributed by atoms with Crippen LogP contribution in [0.2, 0.25) is 0 Å². The second-order valence-corrected chi connectivity index (χ2v) is 5.60. The van der Waals surface area contributed by atoms with Crippen LogP contribution in [-0.2, 0) is 6.54 Å². The van der Waals surface area contributed by atoms with Crippen LogP contribution in [0.5, 0.6) is 0 Å². The van der Waals surface area contributed by atoms with Gasteiger partial charge in [-0.3, -0.25) is 4.90 Å². The summed E-state index contributed by atoms with van der Waals surface area (Å²) in [7, 11) is 0. The van der Waals surface area contributed by atoms with Crippen molar-refractivity contribution in [1.29, 1.82) is 5.26 Å². The van der Waals surface area contributed by atoms with Gasteiger partial charge in [0.25, 0.3) is 0 Å². The van der Waals surface area contributed by atoms with Crippen LogP contribution in [-0.4, -0.2) is 30.6 Å². The van der Waals surface area contributed by atoms with E-state index in [1.807, 2.05) is 12.1 Å². The fourth-order valence-electron chi connectivity index (χ4n) is 2.44. The first-order chi connectivity index (χ1) is 8.33. The maximum Gasteiger partial charge on any atom is 0.110 e. The lowest BCUT2D eigenvalue weighted by molar-refractivity contribution is 0.260. The molecule has 1 fully saturated rings. The van der Waals surface area contributed by atoms with E-state index in [0.717, 1.165) is 24.5 Å². The van der Waals surface area contributed by atoms with Crippen molar-refractivity contribution in [3.05, 3.63) is 21.9 Å². The zero-order valence-corrected chi connectivity index (χ0v) is 11.1. The summed E-state index contributed by atoms with van der Waals surface area (Å²) in [4.78, 5) is 4.60. The van der Waals surface area contributed by atoms with Gasteiger partial charge in [0.2, 0.25) is 0 Å². The van der Waals surface area contributed by atoms with Gasteiger partial charge in [-0.15, -0.1) is 11.3 Å². The second-order valence-electron chi connectivity index (χ2n) is 4.43. The Morgan fingerprint density at radius 1 is 1.59 bits per heavy atom. The number of thiophene rings is 1. The van der Waals surface area contributed by atoms with Crippen molar-refractivity contribution in [1.82, 2.24) is 10.2 Å². The molecule has 0 aromatic carbocycles. The standard InChI is InChI=1S/C13H19N3S/c1-2-16-7-3-4-11(16)9-15-10-13-6-5-12(8-14)17-13/h5-6,11,15H,2-4,7,9-10H2,1H3. The summed E-state index contributed by atoms with van der Waals surface area (Å²) in [6, 6.07) is 6.82. The maximum absolute atomic E-state index is 8.75. The van der Waals surface area contributed by atoms with E-state index in [4.69, 9.17) is 5.26 Å². The third kappa shape index (κ3) is 3.29. The lowest BCUT2D eigenvalue weighted by Crippen LogP contribution is -2.37. The molecular weight excluding hydrogens is 230 g/mol. The maximum atomic E-state index is 8.75. The molecule has 1 N–H and O–H groups in total. The summed E-state index contributed by atoms with van der Waals surface area (Å²) in [5.41, 5.74) is 0. The minimum atomic E-state index is 0.704. The zero-order chi connectivity index (χ0) is 12.1. The Kier molecular flexibility index (Phi) is 4.55. The van der Waals surface area contributed by atoms with E-state index in [2.05, 4.69) is 23.2 Å². The highest BCUT2D eigenvalue weighted by molar-refractivity contribution is 7.12.